The molecule has 3 heterocycles. The molecule has 4 N–H and O–H groups in total. The molecule has 0 spiro atoms. The van der Waals surface area contributed by atoms with Crippen molar-refractivity contribution in [1.29, 1.82) is 0 Å². The van der Waals surface area contributed by atoms with E-state index in [0.29, 0.717) is 41.5 Å². The lowest BCUT2D eigenvalue weighted by atomic mass is 9.83. The molecular formula is C31H51F2N7O3. The number of halogens is 2. The summed E-state index contributed by atoms with van der Waals surface area (Å²) in [4.78, 5) is 26.0. The van der Waals surface area contributed by atoms with Crippen LogP contribution in [0.15, 0.2) is 30.1 Å². The number of alkyl halides is 2. The number of hydrogen-bond acceptors (Lipinski definition) is 10. The Labute approximate surface area is 255 Å². The van der Waals surface area contributed by atoms with Crippen molar-refractivity contribution in [3.63, 3.8) is 0 Å². The molecule has 43 heavy (non-hydrogen) atoms. The van der Waals surface area contributed by atoms with Gasteiger partial charge in [-0.15, -0.1) is 0 Å². The Morgan fingerprint density at radius 1 is 1.16 bits per heavy atom. The fraction of sp³-hybridized carbons (Fsp3) is 0.613. The Morgan fingerprint density at radius 3 is 2.35 bits per heavy atom. The first-order valence-electron chi connectivity index (χ1n) is 14.9. The summed E-state index contributed by atoms with van der Waals surface area (Å²) >= 11 is 0. The minimum absolute atomic E-state index is 0.0470. The van der Waals surface area contributed by atoms with Crippen molar-refractivity contribution in [1.82, 2.24) is 24.9 Å². The van der Waals surface area contributed by atoms with Crippen molar-refractivity contribution in [3.8, 4) is 6.01 Å². The highest BCUT2D eigenvalue weighted by atomic mass is 19.3. The molecule has 0 aromatic carbocycles. The van der Waals surface area contributed by atoms with E-state index in [1.54, 1.807) is 45.4 Å². The van der Waals surface area contributed by atoms with E-state index in [9.17, 15) is 13.6 Å². The van der Waals surface area contributed by atoms with E-state index in [1.165, 1.54) is 11.4 Å². The van der Waals surface area contributed by atoms with Crippen molar-refractivity contribution < 1.29 is 23.0 Å². The van der Waals surface area contributed by atoms with Gasteiger partial charge in [-0.25, -0.2) is 19.6 Å². The maximum Gasteiger partial charge on any atom is 0.316 e. The molecule has 242 valence electrons. The number of likely N-dealkylation sites (tertiary alicyclic amines) is 1. The average molecular weight is 608 g/mol. The molecule has 4 rings (SSSR count). The van der Waals surface area contributed by atoms with Crippen molar-refractivity contribution >= 4 is 12.0 Å². The maximum absolute atomic E-state index is 14.0. The Bertz CT molecular complexity index is 1140. The van der Waals surface area contributed by atoms with Gasteiger partial charge in [-0.2, -0.15) is 4.98 Å². The number of carbonyl (C=O) groups excluding carboxylic acids is 1. The molecule has 1 aliphatic carbocycles. The van der Waals surface area contributed by atoms with Crippen molar-refractivity contribution in [2.24, 2.45) is 17.5 Å². The number of aromatic nitrogens is 3. The molecule has 1 atom stereocenters. The van der Waals surface area contributed by atoms with Gasteiger partial charge in [0.25, 0.3) is 5.92 Å². The lowest BCUT2D eigenvalue weighted by molar-refractivity contribution is -0.124. The molecule has 1 unspecified atom stereocenters. The van der Waals surface area contributed by atoms with E-state index in [4.69, 9.17) is 16.3 Å². The summed E-state index contributed by atoms with van der Waals surface area (Å²) in [6.45, 7) is 10.0. The maximum atomic E-state index is 14.0. The molecule has 10 nitrogen and oxygen atoms in total. The van der Waals surface area contributed by atoms with Crippen LogP contribution in [0, 0.1) is 12.8 Å². The van der Waals surface area contributed by atoms with Crippen LogP contribution in [-0.2, 0) is 16.1 Å². The van der Waals surface area contributed by atoms with Crippen LogP contribution in [0.4, 0.5) is 8.78 Å². The van der Waals surface area contributed by atoms with Gasteiger partial charge in [-0.3, -0.25) is 9.88 Å². The fourth-order valence-corrected chi connectivity index (χ4v) is 4.60. The topological polar surface area (TPSA) is 133 Å². The normalized spacial score (nSPS) is 18.2. The summed E-state index contributed by atoms with van der Waals surface area (Å²) in [6.07, 6.45) is 5.35. The highest BCUT2D eigenvalue weighted by Crippen LogP contribution is 2.35. The van der Waals surface area contributed by atoms with Gasteiger partial charge in [0.05, 0.1) is 29.3 Å². The SMILES string of the molecule is CC.CC.COC.Cc1nc(/C(N)=C(\COc2nccc(C3CCC3)n2)N(C)N)ccc1CN1CC(C=O)CC(F)(F)C1. The second-order valence-electron chi connectivity index (χ2n) is 10.1. The molecule has 2 aromatic heterocycles. The first-order valence-corrected chi connectivity index (χ1v) is 14.9. The summed E-state index contributed by atoms with van der Waals surface area (Å²) in [7, 11) is 4.90. The zero-order chi connectivity index (χ0) is 32.6. The molecule has 12 heteroatoms. The van der Waals surface area contributed by atoms with Crippen LogP contribution < -0.4 is 16.3 Å². The van der Waals surface area contributed by atoms with Gasteiger partial charge in [0, 0.05) is 64.5 Å². The number of rotatable bonds is 9. The van der Waals surface area contributed by atoms with Crippen LogP contribution in [0.5, 0.6) is 6.01 Å². The number of aldehydes is 1. The molecule has 1 saturated carbocycles. The van der Waals surface area contributed by atoms with Gasteiger partial charge < -0.3 is 25.0 Å². The van der Waals surface area contributed by atoms with Gasteiger partial charge >= 0.3 is 6.01 Å². The number of aryl methyl sites for hydroxylation is 1. The predicted molar refractivity (Wildman–Crippen MR) is 166 cm³/mol. The van der Waals surface area contributed by atoms with Gasteiger partial charge in [0.2, 0.25) is 0 Å². The van der Waals surface area contributed by atoms with Gasteiger partial charge in [0.15, 0.2) is 0 Å². The second kappa shape index (κ2) is 19.1. The lowest BCUT2D eigenvalue weighted by Gasteiger charge is -2.35. The Kier molecular flexibility index (Phi) is 16.8. The van der Waals surface area contributed by atoms with E-state index in [1.807, 2.05) is 39.8 Å². The zero-order valence-corrected chi connectivity index (χ0v) is 27.1. The standard InChI is InChI=1S/C25H33F2N7O2.C2H6O.2C2H6/c1-16-19(12-34-11-17(13-35)10-25(26,27)15-34)6-7-21(31-16)23(28)22(33(2)29)14-36-24-30-9-8-20(32-24)18-4-3-5-18;1-3-2;2*1-2/h6-9,13,17-18H,3-5,10-12,14-15,28-29H2,1-2H3;1-2H3;2*1-2H3/b23-22-;;;. The third kappa shape index (κ3) is 11.8. The number of methoxy groups -OCH3 is 1. The van der Waals surface area contributed by atoms with Crippen LogP contribution in [0.3, 0.4) is 0 Å². The third-order valence-corrected chi connectivity index (χ3v) is 6.82. The molecule has 1 aliphatic heterocycles. The van der Waals surface area contributed by atoms with Crippen LogP contribution in [0.1, 0.15) is 81.9 Å². The number of carbonyl (C=O) groups is 1. The summed E-state index contributed by atoms with van der Waals surface area (Å²) in [5, 5.41) is 1.37. The number of nitrogens with zero attached hydrogens (tertiary/aromatic N) is 5. The third-order valence-electron chi connectivity index (χ3n) is 6.82. The second-order valence-corrected chi connectivity index (χ2v) is 10.1. The first kappa shape index (κ1) is 37.8. The number of hydrogen-bond donors (Lipinski definition) is 2. The number of ether oxygens (including phenoxy) is 2. The van der Waals surface area contributed by atoms with E-state index in [-0.39, 0.29) is 25.7 Å². The number of hydrazine groups is 1. The molecule has 2 fully saturated rings. The Balaban J connectivity index is 0.00000122. The molecular weight excluding hydrogens is 556 g/mol. The van der Waals surface area contributed by atoms with E-state index >= 15 is 0 Å². The molecule has 0 amide bonds. The molecule has 0 radical (unpaired) electrons. The predicted octanol–water partition coefficient (Wildman–Crippen LogP) is 4.93. The quantitative estimate of drug-likeness (QED) is 0.230. The monoisotopic (exact) mass is 607 g/mol. The van der Waals surface area contributed by atoms with Crippen LogP contribution in [0.2, 0.25) is 0 Å². The summed E-state index contributed by atoms with van der Waals surface area (Å²) in [5.74, 6) is 2.92. The van der Waals surface area contributed by atoms with Crippen LogP contribution >= 0.6 is 0 Å². The van der Waals surface area contributed by atoms with Gasteiger partial charge in [0.1, 0.15) is 12.9 Å². The Morgan fingerprint density at radius 2 is 1.81 bits per heavy atom. The van der Waals surface area contributed by atoms with Gasteiger partial charge in [-0.1, -0.05) is 40.2 Å². The largest absolute Gasteiger partial charge is 0.457 e. The van der Waals surface area contributed by atoms with Crippen molar-refractivity contribution in [2.75, 3.05) is 41.0 Å². The lowest BCUT2D eigenvalue weighted by Crippen LogP contribution is -2.47. The van der Waals surface area contributed by atoms with E-state index in [0.717, 1.165) is 24.1 Å². The molecule has 1 saturated heterocycles. The number of piperidine rings is 1. The minimum Gasteiger partial charge on any atom is -0.457 e. The minimum atomic E-state index is -2.89. The van der Waals surface area contributed by atoms with E-state index < -0.39 is 18.3 Å². The number of nitrogens with two attached hydrogens (primary N) is 2. The molecule has 0 bridgehead atoms. The van der Waals surface area contributed by atoms with Crippen molar-refractivity contribution in [3.05, 3.63) is 52.7 Å². The molecule has 2 aliphatic rings. The van der Waals surface area contributed by atoms with Crippen LogP contribution in [0.25, 0.3) is 5.70 Å². The summed E-state index contributed by atoms with van der Waals surface area (Å²) in [6, 6.07) is 5.72. The van der Waals surface area contributed by atoms with Crippen LogP contribution in [-0.4, -0.2) is 78.0 Å². The summed E-state index contributed by atoms with van der Waals surface area (Å²) in [5.41, 5.74) is 10.2. The number of likely N-dealkylation sites (N-methyl/N-ethyl adjacent to an activating group) is 1. The smallest absolute Gasteiger partial charge is 0.316 e. The Hall–Kier alpha value is -3.22. The van der Waals surface area contributed by atoms with E-state index in [2.05, 4.69) is 19.7 Å². The highest BCUT2D eigenvalue weighted by Gasteiger charge is 2.40. The molecule has 2 aromatic rings. The van der Waals surface area contributed by atoms with Crippen molar-refractivity contribution in [2.45, 2.75) is 78.7 Å². The fourth-order valence-electron chi connectivity index (χ4n) is 4.60. The highest BCUT2D eigenvalue weighted by molar-refractivity contribution is 5.63. The average Bonchev–Trinajstić information content (AvgIpc) is 2.95. The summed E-state index contributed by atoms with van der Waals surface area (Å²) < 4.78 is 38.1. The number of pyridine rings is 1. The first-order chi connectivity index (χ1) is 20.6. The zero-order valence-electron chi connectivity index (χ0n) is 27.1. The van der Waals surface area contributed by atoms with Gasteiger partial charge in [-0.05, 0) is 37.5 Å².